The fraction of sp³-hybridized carbons (Fsp3) is 0.538. The summed E-state index contributed by atoms with van der Waals surface area (Å²) in [7, 11) is 1.75. The van der Waals surface area contributed by atoms with Crippen LogP contribution in [0.2, 0.25) is 0 Å². The van der Waals surface area contributed by atoms with Crippen molar-refractivity contribution in [3.05, 3.63) is 31.3 Å². The SMILES string of the molecule is Cc1sc2c(c1C)c(=O)n([C@H]1C[C@@H]1C)c(=O)n2C. The first-order chi connectivity index (χ1) is 8.43. The molecule has 5 heteroatoms. The van der Waals surface area contributed by atoms with E-state index in [2.05, 4.69) is 6.92 Å². The van der Waals surface area contributed by atoms with E-state index in [0.29, 0.717) is 5.92 Å². The van der Waals surface area contributed by atoms with E-state index in [1.165, 1.54) is 15.9 Å². The lowest BCUT2D eigenvalue weighted by atomic mass is 10.2. The van der Waals surface area contributed by atoms with Crippen molar-refractivity contribution in [3.63, 3.8) is 0 Å². The number of thiophene rings is 1. The quantitative estimate of drug-likeness (QED) is 0.790. The van der Waals surface area contributed by atoms with Gasteiger partial charge in [0.25, 0.3) is 5.56 Å². The highest BCUT2D eigenvalue weighted by atomic mass is 32.1. The van der Waals surface area contributed by atoms with Crippen LogP contribution in [0, 0.1) is 19.8 Å². The van der Waals surface area contributed by atoms with Gasteiger partial charge >= 0.3 is 5.69 Å². The van der Waals surface area contributed by atoms with Crippen molar-refractivity contribution in [1.82, 2.24) is 9.13 Å². The van der Waals surface area contributed by atoms with Crippen molar-refractivity contribution in [2.45, 2.75) is 33.2 Å². The van der Waals surface area contributed by atoms with Gasteiger partial charge in [0, 0.05) is 18.0 Å². The summed E-state index contributed by atoms with van der Waals surface area (Å²) < 4.78 is 3.07. The molecule has 96 valence electrons. The molecule has 0 unspecified atom stereocenters. The van der Waals surface area contributed by atoms with Crippen molar-refractivity contribution in [2.24, 2.45) is 13.0 Å². The second-order valence-electron chi connectivity index (χ2n) is 5.26. The zero-order valence-electron chi connectivity index (χ0n) is 11.0. The van der Waals surface area contributed by atoms with Crippen molar-refractivity contribution >= 4 is 21.6 Å². The van der Waals surface area contributed by atoms with E-state index in [1.54, 1.807) is 11.6 Å². The van der Waals surface area contributed by atoms with Gasteiger partial charge in [-0.15, -0.1) is 11.3 Å². The summed E-state index contributed by atoms with van der Waals surface area (Å²) in [5.74, 6) is 0.438. The van der Waals surface area contributed by atoms with Gasteiger partial charge in [-0.2, -0.15) is 0 Å². The predicted octanol–water partition coefficient (Wildman–Crippen LogP) is 1.96. The molecule has 4 nitrogen and oxygen atoms in total. The molecule has 0 aliphatic heterocycles. The maximum absolute atomic E-state index is 12.5. The van der Waals surface area contributed by atoms with Crippen molar-refractivity contribution < 1.29 is 0 Å². The lowest BCUT2D eigenvalue weighted by molar-refractivity contribution is 0.597. The zero-order valence-corrected chi connectivity index (χ0v) is 11.8. The summed E-state index contributed by atoms with van der Waals surface area (Å²) in [4.78, 5) is 26.7. The lowest BCUT2D eigenvalue weighted by Gasteiger charge is -2.07. The second kappa shape index (κ2) is 3.57. The molecule has 3 rings (SSSR count). The fourth-order valence-electron chi connectivity index (χ4n) is 2.51. The van der Waals surface area contributed by atoms with Gasteiger partial charge < -0.3 is 0 Å². The Hall–Kier alpha value is -1.36. The minimum Gasteiger partial charge on any atom is -0.287 e. The molecule has 2 aromatic rings. The van der Waals surface area contributed by atoms with Crippen LogP contribution in [-0.4, -0.2) is 9.13 Å². The van der Waals surface area contributed by atoms with Crippen LogP contribution >= 0.6 is 11.3 Å². The third-order valence-electron chi connectivity index (χ3n) is 4.00. The van der Waals surface area contributed by atoms with Gasteiger partial charge in [-0.3, -0.25) is 13.9 Å². The molecular weight excluding hydrogens is 248 g/mol. The van der Waals surface area contributed by atoms with Crippen LogP contribution < -0.4 is 11.2 Å². The molecule has 0 bridgehead atoms. The Kier molecular flexibility index (Phi) is 2.32. The minimum absolute atomic E-state index is 0.0974. The molecule has 1 aliphatic carbocycles. The maximum Gasteiger partial charge on any atom is 0.332 e. The smallest absolute Gasteiger partial charge is 0.287 e. The van der Waals surface area contributed by atoms with E-state index in [1.807, 2.05) is 13.8 Å². The number of hydrogen-bond acceptors (Lipinski definition) is 3. The molecular formula is C13H16N2O2S. The molecule has 2 aromatic heterocycles. The first kappa shape index (κ1) is 11.7. The van der Waals surface area contributed by atoms with Crippen LogP contribution in [-0.2, 0) is 7.05 Å². The predicted molar refractivity (Wildman–Crippen MR) is 73.6 cm³/mol. The average Bonchev–Trinajstić information content (AvgIpc) is 2.93. The Labute approximate surface area is 108 Å². The number of aromatic nitrogens is 2. The fourth-order valence-corrected chi connectivity index (χ4v) is 3.61. The highest BCUT2D eigenvalue weighted by Crippen LogP contribution is 2.41. The number of nitrogens with zero attached hydrogens (tertiary/aromatic N) is 2. The van der Waals surface area contributed by atoms with Crippen LogP contribution in [0.15, 0.2) is 9.59 Å². The molecule has 2 atom stereocenters. The summed E-state index contributed by atoms with van der Waals surface area (Å²) in [6.07, 6.45) is 0.933. The monoisotopic (exact) mass is 264 g/mol. The summed E-state index contributed by atoms with van der Waals surface area (Å²) in [6, 6.07) is 0.0974. The van der Waals surface area contributed by atoms with Crippen molar-refractivity contribution in [1.29, 1.82) is 0 Å². The van der Waals surface area contributed by atoms with E-state index >= 15 is 0 Å². The Balaban J connectivity index is 2.49. The van der Waals surface area contributed by atoms with Gasteiger partial charge in [-0.25, -0.2) is 4.79 Å². The van der Waals surface area contributed by atoms with Crippen molar-refractivity contribution in [3.8, 4) is 0 Å². The maximum atomic E-state index is 12.5. The third kappa shape index (κ3) is 1.37. The first-order valence-corrected chi connectivity index (χ1v) is 6.96. The van der Waals surface area contributed by atoms with Crippen LogP contribution in [0.1, 0.15) is 29.8 Å². The Morgan fingerprint density at radius 3 is 2.44 bits per heavy atom. The lowest BCUT2D eigenvalue weighted by Crippen LogP contribution is -2.38. The van der Waals surface area contributed by atoms with Gasteiger partial charge in [0.2, 0.25) is 0 Å². The van der Waals surface area contributed by atoms with E-state index in [-0.39, 0.29) is 17.3 Å². The summed E-state index contributed by atoms with van der Waals surface area (Å²) in [6.45, 7) is 6.03. The topological polar surface area (TPSA) is 44.0 Å². The summed E-state index contributed by atoms with van der Waals surface area (Å²) in [5.41, 5.74) is 0.727. The number of aryl methyl sites for hydroxylation is 3. The van der Waals surface area contributed by atoms with E-state index in [4.69, 9.17) is 0 Å². The standard InChI is InChI=1S/C13H16N2O2S/c1-6-5-9(6)15-11(16)10-7(2)8(3)18-12(10)14(4)13(15)17/h6,9H,5H2,1-4H3/t6-,9-/m0/s1. The normalized spacial score (nSPS) is 22.7. The highest BCUT2D eigenvalue weighted by molar-refractivity contribution is 7.18. The van der Waals surface area contributed by atoms with Gasteiger partial charge in [-0.1, -0.05) is 6.92 Å². The third-order valence-corrected chi connectivity index (χ3v) is 5.28. The molecule has 1 aliphatic rings. The Morgan fingerprint density at radius 1 is 1.28 bits per heavy atom. The molecule has 1 fully saturated rings. The molecule has 0 aromatic carbocycles. The van der Waals surface area contributed by atoms with Gasteiger partial charge in [-0.05, 0) is 31.7 Å². The molecule has 2 heterocycles. The largest absolute Gasteiger partial charge is 0.332 e. The number of fused-ring (bicyclic) bond motifs is 1. The zero-order chi connectivity index (χ0) is 13.2. The average molecular weight is 264 g/mol. The van der Waals surface area contributed by atoms with E-state index in [0.717, 1.165) is 27.1 Å². The van der Waals surface area contributed by atoms with Crippen molar-refractivity contribution in [2.75, 3.05) is 0 Å². The minimum atomic E-state index is -0.178. The highest BCUT2D eigenvalue weighted by Gasteiger charge is 2.37. The molecule has 1 saturated carbocycles. The molecule has 0 spiro atoms. The van der Waals surface area contributed by atoms with Crippen LogP contribution in [0.25, 0.3) is 10.2 Å². The Morgan fingerprint density at radius 2 is 1.89 bits per heavy atom. The van der Waals surface area contributed by atoms with E-state index < -0.39 is 0 Å². The molecule has 18 heavy (non-hydrogen) atoms. The summed E-state index contributed by atoms with van der Waals surface area (Å²) >= 11 is 1.52. The molecule has 0 N–H and O–H groups in total. The van der Waals surface area contributed by atoms with Crippen LogP contribution in [0.3, 0.4) is 0 Å². The number of hydrogen-bond donors (Lipinski definition) is 0. The summed E-state index contributed by atoms with van der Waals surface area (Å²) in [5, 5.41) is 0.721. The van der Waals surface area contributed by atoms with Crippen LogP contribution in [0.5, 0.6) is 0 Å². The van der Waals surface area contributed by atoms with E-state index in [9.17, 15) is 9.59 Å². The van der Waals surface area contributed by atoms with Gasteiger partial charge in [0.1, 0.15) is 4.83 Å². The second-order valence-corrected chi connectivity index (χ2v) is 6.46. The molecule has 0 radical (unpaired) electrons. The Bertz CT molecular complexity index is 766. The van der Waals surface area contributed by atoms with Gasteiger partial charge in [0.05, 0.1) is 5.39 Å². The molecule has 0 amide bonds. The van der Waals surface area contributed by atoms with Gasteiger partial charge in [0.15, 0.2) is 0 Å². The number of rotatable bonds is 1. The van der Waals surface area contributed by atoms with Crippen LogP contribution in [0.4, 0.5) is 0 Å². The molecule has 0 saturated heterocycles. The first-order valence-electron chi connectivity index (χ1n) is 6.14.